The summed E-state index contributed by atoms with van der Waals surface area (Å²) in [6.07, 6.45) is 0. The van der Waals surface area contributed by atoms with Crippen LogP contribution in [0.5, 0.6) is 0 Å². The van der Waals surface area contributed by atoms with Gasteiger partial charge in [-0.15, -0.1) is 0 Å². The van der Waals surface area contributed by atoms with Crippen LogP contribution in [0.25, 0.3) is 0 Å². The summed E-state index contributed by atoms with van der Waals surface area (Å²) in [7, 11) is -3.67. The molecular weight excluding hydrogens is 312 g/mol. The predicted molar refractivity (Wildman–Crippen MR) is 80.7 cm³/mol. The lowest BCUT2D eigenvalue weighted by Gasteiger charge is -2.20. The molecule has 7 heteroatoms. The summed E-state index contributed by atoms with van der Waals surface area (Å²) < 4.78 is 31.9. The molecule has 0 N–H and O–H groups in total. The Morgan fingerprint density at radius 1 is 1.29 bits per heavy atom. The van der Waals surface area contributed by atoms with Gasteiger partial charge in [-0.3, -0.25) is 0 Å². The van der Waals surface area contributed by atoms with Gasteiger partial charge in [0, 0.05) is 18.1 Å². The number of sulfonamides is 1. The molecule has 0 saturated heterocycles. The summed E-state index contributed by atoms with van der Waals surface area (Å²) in [6.45, 7) is 5.54. The third-order valence-electron chi connectivity index (χ3n) is 3.22. The van der Waals surface area contributed by atoms with Gasteiger partial charge in [-0.1, -0.05) is 41.9 Å². The van der Waals surface area contributed by atoms with E-state index in [4.69, 9.17) is 16.1 Å². The van der Waals surface area contributed by atoms with Crippen molar-refractivity contribution in [2.45, 2.75) is 32.2 Å². The smallest absolute Gasteiger partial charge is 0.248 e. The maximum atomic E-state index is 12.8. The Labute approximate surface area is 129 Å². The van der Waals surface area contributed by atoms with Gasteiger partial charge in [-0.25, -0.2) is 8.42 Å². The molecule has 0 saturated carbocycles. The van der Waals surface area contributed by atoms with Crippen molar-refractivity contribution >= 4 is 21.6 Å². The van der Waals surface area contributed by atoms with Crippen molar-refractivity contribution in [3.63, 3.8) is 0 Å². The Balaban J connectivity index is 2.40. The van der Waals surface area contributed by atoms with Crippen LogP contribution in [0, 0.1) is 13.8 Å². The van der Waals surface area contributed by atoms with Crippen molar-refractivity contribution < 1.29 is 12.9 Å². The van der Waals surface area contributed by atoms with Crippen LogP contribution < -0.4 is 0 Å². The average Bonchev–Trinajstić information content (AvgIpc) is 2.77. The van der Waals surface area contributed by atoms with Crippen LogP contribution in [0.1, 0.15) is 23.9 Å². The van der Waals surface area contributed by atoms with Gasteiger partial charge in [0.1, 0.15) is 10.6 Å². The highest BCUT2D eigenvalue weighted by atomic mass is 35.5. The Morgan fingerprint density at radius 2 is 1.95 bits per heavy atom. The lowest BCUT2D eigenvalue weighted by Crippen LogP contribution is -2.31. The predicted octanol–water partition coefficient (Wildman–Crippen LogP) is 3.16. The lowest BCUT2D eigenvalue weighted by atomic mass is 10.2. The number of benzene rings is 1. The van der Waals surface area contributed by atoms with E-state index in [0.717, 1.165) is 5.56 Å². The van der Waals surface area contributed by atoms with Crippen LogP contribution in [0.3, 0.4) is 0 Å². The van der Waals surface area contributed by atoms with Gasteiger partial charge < -0.3 is 4.52 Å². The minimum absolute atomic E-state index is 0.136. The van der Waals surface area contributed by atoms with E-state index in [1.54, 1.807) is 26.8 Å². The first-order valence-electron chi connectivity index (χ1n) is 6.54. The van der Waals surface area contributed by atoms with Crippen molar-refractivity contribution in [2.75, 3.05) is 6.54 Å². The molecule has 1 heterocycles. The fraction of sp³-hybridized carbons (Fsp3) is 0.357. The van der Waals surface area contributed by atoms with Crippen molar-refractivity contribution in [3.8, 4) is 0 Å². The molecule has 0 atom stereocenters. The van der Waals surface area contributed by atoms with E-state index >= 15 is 0 Å². The zero-order valence-corrected chi connectivity index (χ0v) is 13.7. The molecule has 0 aliphatic heterocycles. The highest BCUT2D eigenvalue weighted by molar-refractivity contribution is 7.89. The Morgan fingerprint density at radius 3 is 2.48 bits per heavy atom. The number of aryl methyl sites for hydroxylation is 2. The molecule has 0 aliphatic rings. The number of hydrogen-bond donors (Lipinski definition) is 0. The minimum atomic E-state index is -3.67. The van der Waals surface area contributed by atoms with Crippen LogP contribution >= 0.6 is 11.6 Å². The fourth-order valence-electron chi connectivity index (χ4n) is 2.16. The summed E-state index contributed by atoms with van der Waals surface area (Å²) >= 11 is 6.11. The number of aromatic nitrogens is 1. The maximum absolute atomic E-state index is 12.8. The van der Waals surface area contributed by atoms with E-state index in [9.17, 15) is 8.42 Å². The van der Waals surface area contributed by atoms with E-state index in [-0.39, 0.29) is 11.4 Å². The zero-order chi connectivity index (χ0) is 15.6. The molecule has 0 spiro atoms. The molecule has 0 amide bonds. The molecule has 2 rings (SSSR count). The number of hydrogen-bond acceptors (Lipinski definition) is 4. The van der Waals surface area contributed by atoms with Crippen molar-refractivity contribution in [2.24, 2.45) is 0 Å². The molecule has 1 aromatic carbocycles. The van der Waals surface area contributed by atoms with Gasteiger partial charge in [0.05, 0.1) is 0 Å². The van der Waals surface area contributed by atoms with Gasteiger partial charge >= 0.3 is 0 Å². The van der Waals surface area contributed by atoms with Gasteiger partial charge in [0.25, 0.3) is 0 Å². The number of halogens is 1. The summed E-state index contributed by atoms with van der Waals surface area (Å²) in [5.74, 6) is 0.296. The summed E-state index contributed by atoms with van der Waals surface area (Å²) in [5.41, 5.74) is 1.13. The average molecular weight is 329 g/mol. The highest BCUT2D eigenvalue weighted by Crippen LogP contribution is 2.26. The first-order valence-corrected chi connectivity index (χ1v) is 8.36. The third kappa shape index (κ3) is 3.12. The normalized spacial score (nSPS) is 12.0. The number of nitrogens with zero attached hydrogens (tertiary/aromatic N) is 2. The summed E-state index contributed by atoms with van der Waals surface area (Å²) in [6, 6.07) is 7.20. The van der Waals surface area contributed by atoms with Crippen molar-refractivity contribution in [1.29, 1.82) is 0 Å². The first-order chi connectivity index (χ1) is 9.87. The second-order valence-electron chi connectivity index (χ2n) is 4.68. The van der Waals surface area contributed by atoms with Gasteiger partial charge in [0.15, 0.2) is 5.76 Å². The molecule has 0 fully saturated rings. The molecule has 1 aromatic heterocycles. The maximum Gasteiger partial charge on any atom is 0.248 e. The molecule has 0 unspecified atom stereocenters. The van der Waals surface area contributed by atoms with Crippen LogP contribution in [-0.4, -0.2) is 24.4 Å². The van der Waals surface area contributed by atoms with Crippen LogP contribution in [0.4, 0.5) is 0 Å². The molecule has 0 aliphatic carbocycles. The summed E-state index contributed by atoms with van der Waals surface area (Å²) in [5, 5.41) is 4.26. The van der Waals surface area contributed by atoms with E-state index in [1.807, 2.05) is 18.2 Å². The van der Waals surface area contributed by atoms with Gasteiger partial charge in [-0.05, 0) is 25.5 Å². The van der Waals surface area contributed by atoms with Gasteiger partial charge in [0.2, 0.25) is 10.0 Å². The molecule has 0 bridgehead atoms. The van der Waals surface area contributed by atoms with Crippen LogP contribution in [0.2, 0.25) is 5.02 Å². The fourth-order valence-corrected chi connectivity index (χ4v) is 4.07. The van der Waals surface area contributed by atoms with E-state index in [0.29, 0.717) is 23.0 Å². The monoisotopic (exact) mass is 328 g/mol. The Hall–Kier alpha value is -1.37. The SMILES string of the molecule is CCN(Cc1ccccc1Cl)S(=O)(=O)c1c(C)noc1C. The van der Waals surface area contributed by atoms with E-state index in [1.165, 1.54) is 4.31 Å². The molecule has 0 radical (unpaired) electrons. The van der Waals surface area contributed by atoms with E-state index in [2.05, 4.69) is 5.16 Å². The molecule has 2 aromatic rings. The molecular formula is C14H17ClN2O3S. The standard InChI is InChI=1S/C14H17ClN2O3S/c1-4-17(9-12-7-5-6-8-13(12)15)21(18,19)14-10(2)16-20-11(14)3/h5-8H,4,9H2,1-3H3. The number of rotatable bonds is 5. The highest BCUT2D eigenvalue weighted by Gasteiger charge is 2.30. The Bertz CT molecular complexity index is 721. The summed E-state index contributed by atoms with van der Waals surface area (Å²) in [4.78, 5) is 0.136. The largest absolute Gasteiger partial charge is 0.360 e. The molecule has 114 valence electrons. The quantitative estimate of drug-likeness (QED) is 0.845. The second-order valence-corrected chi connectivity index (χ2v) is 6.96. The van der Waals surface area contributed by atoms with Crippen LogP contribution in [0.15, 0.2) is 33.7 Å². The van der Waals surface area contributed by atoms with Crippen LogP contribution in [-0.2, 0) is 16.6 Å². The van der Waals surface area contributed by atoms with Gasteiger partial charge in [-0.2, -0.15) is 4.31 Å². The molecule has 21 heavy (non-hydrogen) atoms. The van der Waals surface area contributed by atoms with E-state index < -0.39 is 10.0 Å². The lowest BCUT2D eigenvalue weighted by molar-refractivity contribution is 0.388. The van der Waals surface area contributed by atoms with Crippen molar-refractivity contribution in [1.82, 2.24) is 9.46 Å². The molecule has 5 nitrogen and oxygen atoms in total. The zero-order valence-electron chi connectivity index (χ0n) is 12.1. The Kier molecular flexibility index (Phi) is 4.70. The topological polar surface area (TPSA) is 63.4 Å². The minimum Gasteiger partial charge on any atom is -0.360 e. The third-order valence-corrected chi connectivity index (χ3v) is 5.76. The second kappa shape index (κ2) is 6.17. The first kappa shape index (κ1) is 16.0. The van der Waals surface area contributed by atoms with Crippen molar-refractivity contribution in [3.05, 3.63) is 46.3 Å².